The smallest absolute Gasteiger partial charge is 0.0664 e. The SMILES string of the molecule is NNC(CCC1CCCO1)c1nccc2ccccc12. The van der Waals surface area contributed by atoms with E-state index in [0.29, 0.717) is 6.10 Å². The number of rotatable bonds is 5. The monoisotopic (exact) mass is 271 g/mol. The summed E-state index contributed by atoms with van der Waals surface area (Å²) in [6.07, 6.45) is 6.56. The van der Waals surface area contributed by atoms with E-state index in [0.717, 1.165) is 25.1 Å². The summed E-state index contributed by atoms with van der Waals surface area (Å²) >= 11 is 0. The van der Waals surface area contributed by atoms with Crippen LogP contribution in [0, 0.1) is 0 Å². The zero-order chi connectivity index (χ0) is 13.8. The van der Waals surface area contributed by atoms with Crippen LogP contribution in [0.1, 0.15) is 37.4 Å². The Morgan fingerprint density at radius 3 is 3.05 bits per heavy atom. The molecule has 0 spiro atoms. The number of hydrogen-bond acceptors (Lipinski definition) is 4. The molecule has 2 atom stereocenters. The molecule has 1 fully saturated rings. The highest BCUT2D eigenvalue weighted by atomic mass is 16.5. The molecular formula is C16H21N3O. The fourth-order valence-corrected chi connectivity index (χ4v) is 2.94. The molecule has 0 saturated carbocycles. The van der Waals surface area contributed by atoms with Gasteiger partial charge in [0.2, 0.25) is 0 Å². The molecule has 1 aromatic heterocycles. The fraction of sp³-hybridized carbons (Fsp3) is 0.438. The first-order valence-electron chi connectivity index (χ1n) is 7.30. The molecule has 0 bridgehead atoms. The van der Waals surface area contributed by atoms with Crippen LogP contribution in [0.5, 0.6) is 0 Å². The average molecular weight is 271 g/mol. The van der Waals surface area contributed by atoms with Crippen LogP contribution in [-0.2, 0) is 4.74 Å². The molecular weight excluding hydrogens is 250 g/mol. The second-order valence-corrected chi connectivity index (χ2v) is 5.35. The first-order valence-corrected chi connectivity index (χ1v) is 7.30. The normalized spacial score (nSPS) is 20.4. The minimum atomic E-state index is 0.0744. The third-order valence-corrected chi connectivity index (χ3v) is 4.04. The number of benzene rings is 1. The van der Waals surface area contributed by atoms with Crippen LogP contribution < -0.4 is 11.3 Å². The average Bonchev–Trinajstić information content (AvgIpc) is 3.01. The lowest BCUT2D eigenvalue weighted by Crippen LogP contribution is -2.29. The van der Waals surface area contributed by atoms with Crippen molar-refractivity contribution in [2.24, 2.45) is 5.84 Å². The van der Waals surface area contributed by atoms with Crippen molar-refractivity contribution in [3.8, 4) is 0 Å². The van der Waals surface area contributed by atoms with Gasteiger partial charge in [0.1, 0.15) is 0 Å². The summed E-state index contributed by atoms with van der Waals surface area (Å²) in [6, 6.07) is 10.4. The lowest BCUT2D eigenvalue weighted by molar-refractivity contribution is 0.0995. The Morgan fingerprint density at radius 1 is 1.35 bits per heavy atom. The van der Waals surface area contributed by atoms with Gasteiger partial charge in [-0.15, -0.1) is 0 Å². The van der Waals surface area contributed by atoms with E-state index in [1.165, 1.54) is 23.6 Å². The quantitative estimate of drug-likeness (QED) is 0.648. The topological polar surface area (TPSA) is 60.2 Å². The second-order valence-electron chi connectivity index (χ2n) is 5.35. The molecule has 4 heteroatoms. The third-order valence-electron chi connectivity index (χ3n) is 4.04. The van der Waals surface area contributed by atoms with Gasteiger partial charge in [0.25, 0.3) is 0 Å². The molecule has 1 saturated heterocycles. The van der Waals surface area contributed by atoms with Gasteiger partial charge in [-0.2, -0.15) is 0 Å². The highest BCUT2D eigenvalue weighted by Crippen LogP contribution is 2.27. The van der Waals surface area contributed by atoms with Gasteiger partial charge in [-0.05, 0) is 37.1 Å². The lowest BCUT2D eigenvalue weighted by Gasteiger charge is -2.19. The van der Waals surface area contributed by atoms with Gasteiger partial charge >= 0.3 is 0 Å². The van der Waals surface area contributed by atoms with Gasteiger partial charge in [0, 0.05) is 18.2 Å². The fourth-order valence-electron chi connectivity index (χ4n) is 2.94. The van der Waals surface area contributed by atoms with Crippen molar-refractivity contribution in [1.29, 1.82) is 0 Å². The van der Waals surface area contributed by atoms with E-state index in [1.807, 2.05) is 24.4 Å². The number of nitrogens with one attached hydrogen (secondary N) is 1. The third kappa shape index (κ3) is 2.82. The summed E-state index contributed by atoms with van der Waals surface area (Å²) in [6.45, 7) is 0.901. The number of nitrogens with two attached hydrogens (primary N) is 1. The maximum atomic E-state index is 5.75. The number of hydrazine groups is 1. The highest BCUT2D eigenvalue weighted by Gasteiger charge is 2.20. The number of nitrogens with zero attached hydrogens (tertiary/aromatic N) is 1. The van der Waals surface area contributed by atoms with Crippen LogP contribution >= 0.6 is 0 Å². The van der Waals surface area contributed by atoms with Crippen molar-refractivity contribution in [3.63, 3.8) is 0 Å². The van der Waals surface area contributed by atoms with E-state index in [1.54, 1.807) is 0 Å². The molecule has 3 rings (SSSR count). The Hall–Kier alpha value is -1.49. The molecule has 20 heavy (non-hydrogen) atoms. The summed E-state index contributed by atoms with van der Waals surface area (Å²) in [7, 11) is 0. The van der Waals surface area contributed by atoms with Crippen LogP contribution in [0.25, 0.3) is 10.8 Å². The molecule has 0 radical (unpaired) electrons. The van der Waals surface area contributed by atoms with E-state index in [9.17, 15) is 0 Å². The van der Waals surface area contributed by atoms with Crippen molar-refractivity contribution in [3.05, 3.63) is 42.2 Å². The van der Waals surface area contributed by atoms with Crippen LogP contribution in [0.2, 0.25) is 0 Å². The van der Waals surface area contributed by atoms with E-state index in [2.05, 4.69) is 22.5 Å². The summed E-state index contributed by atoms with van der Waals surface area (Å²) < 4.78 is 5.68. The van der Waals surface area contributed by atoms with E-state index < -0.39 is 0 Å². The van der Waals surface area contributed by atoms with E-state index >= 15 is 0 Å². The standard InChI is InChI=1S/C16H21N3O/c17-19-15(8-7-13-5-3-11-20-13)16-14-6-2-1-4-12(14)9-10-18-16/h1-2,4,6,9-10,13,15,19H,3,5,7-8,11,17H2. The van der Waals surface area contributed by atoms with Crippen molar-refractivity contribution in [2.75, 3.05) is 6.61 Å². The van der Waals surface area contributed by atoms with Gasteiger partial charge in [-0.3, -0.25) is 16.3 Å². The van der Waals surface area contributed by atoms with Crippen LogP contribution in [0.15, 0.2) is 36.5 Å². The lowest BCUT2D eigenvalue weighted by atomic mass is 9.99. The van der Waals surface area contributed by atoms with E-state index in [-0.39, 0.29) is 6.04 Å². The number of fused-ring (bicyclic) bond motifs is 1. The minimum Gasteiger partial charge on any atom is -0.378 e. The Kier molecular flexibility index (Phi) is 4.25. The number of hydrogen-bond donors (Lipinski definition) is 2. The van der Waals surface area contributed by atoms with Gasteiger partial charge in [-0.25, -0.2) is 0 Å². The van der Waals surface area contributed by atoms with Gasteiger partial charge in [0.15, 0.2) is 0 Å². The van der Waals surface area contributed by atoms with E-state index in [4.69, 9.17) is 10.6 Å². The molecule has 2 heterocycles. The second kappa shape index (κ2) is 6.31. The number of ether oxygens (including phenoxy) is 1. The van der Waals surface area contributed by atoms with Crippen LogP contribution in [-0.4, -0.2) is 17.7 Å². The Bertz CT molecular complexity index is 561. The predicted molar refractivity (Wildman–Crippen MR) is 80.0 cm³/mol. The Labute approximate surface area is 119 Å². The maximum Gasteiger partial charge on any atom is 0.0664 e. The zero-order valence-electron chi connectivity index (χ0n) is 11.6. The van der Waals surface area contributed by atoms with Crippen molar-refractivity contribution in [2.45, 2.75) is 37.8 Å². The molecule has 2 unspecified atom stereocenters. The number of pyridine rings is 1. The minimum absolute atomic E-state index is 0.0744. The molecule has 1 aliphatic heterocycles. The molecule has 3 N–H and O–H groups in total. The molecule has 106 valence electrons. The summed E-state index contributed by atoms with van der Waals surface area (Å²) in [4.78, 5) is 4.54. The molecule has 4 nitrogen and oxygen atoms in total. The molecule has 0 amide bonds. The number of aromatic nitrogens is 1. The van der Waals surface area contributed by atoms with Gasteiger partial charge in [-0.1, -0.05) is 24.3 Å². The Morgan fingerprint density at radius 2 is 2.25 bits per heavy atom. The first kappa shape index (κ1) is 13.5. The predicted octanol–water partition coefficient (Wildman–Crippen LogP) is 2.70. The zero-order valence-corrected chi connectivity index (χ0v) is 11.6. The van der Waals surface area contributed by atoms with Gasteiger partial charge in [0.05, 0.1) is 17.8 Å². The van der Waals surface area contributed by atoms with Crippen LogP contribution in [0.3, 0.4) is 0 Å². The maximum absolute atomic E-state index is 5.75. The molecule has 0 aliphatic carbocycles. The largest absolute Gasteiger partial charge is 0.378 e. The van der Waals surface area contributed by atoms with Crippen molar-refractivity contribution in [1.82, 2.24) is 10.4 Å². The van der Waals surface area contributed by atoms with Crippen molar-refractivity contribution >= 4 is 10.8 Å². The van der Waals surface area contributed by atoms with Gasteiger partial charge < -0.3 is 4.74 Å². The van der Waals surface area contributed by atoms with Crippen molar-refractivity contribution < 1.29 is 4.74 Å². The first-order chi connectivity index (χ1) is 9.88. The molecule has 1 aliphatic rings. The Balaban J connectivity index is 1.79. The van der Waals surface area contributed by atoms with Crippen LogP contribution in [0.4, 0.5) is 0 Å². The summed E-state index contributed by atoms with van der Waals surface area (Å²) in [5.41, 5.74) is 3.95. The summed E-state index contributed by atoms with van der Waals surface area (Å²) in [5.74, 6) is 5.75. The molecule has 2 aromatic rings. The molecule has 1 aromatic carbocycles. The summed E-state index contributed by atoms with van der Waals surface area (Å²) in [5, 5.41) is 2.38. The highest BCUT2D eigenvalue weighted by molar-refractivity contribution is 5.84.